The van der Waals surface area contributed by atoms with E-state index in [9.17, 15) is 8.42 Å². The topological polar surface area (TPSA) is 63.4 Å². The van der Waals surface area contributed by atoms with Gasteiger partial charge in [0.05, 0.1) is 10.9 Å². The minimum Gasteiger partial charge on any atom is -0.361 e. The molecule has 0 unspecified atom stereocenters. The van der Waals surface area contributed by atoms with Gasteiger partial charge in [-0.25, -0.2) is 8.42 Å². The second-order valence-electron chi connectivity index (χ2n) is 8.49. The van der Waals surface area contributed by atoms with E-state index in [-0.39, 0.29) is 12.0 Å². The number of hydrogen-bond donors (Lipinski definition) is 0. The third kappa shape index (κ3) is 3.77. The molecule has 2 fully saturated rings. The van der Waals surface area contributed by atoms with Crippen molar-refractivity contribution < 1.29 is 12.9 Å². The highest BCUT2D eigenvalue weighted by Gasteiger charge is 2.38. The zero-order valence-electron chi connectivity index (χ0n) is 16.8. The zero-order valence-corrected chi connectivity index (χ0v) is 17.6. The molecule has 0 radical (unpaired) electrons. The predicted octanol–water partition coefficient (Wildman–Crippen LogP) is 5.37. The van der Waals surface area contributed by atoms with Crippen molar-refractivity contribution in [3.63, 3.8) is 0 Å². The first-order chi connectivity index (χ1) is 13.5. The third-order valence-corrected chi connectivity index (χ3v) is 8.15. The lowest BCUT2D eigenvalue weighted by molar-refractivity contribution is 0.338. The summed E-state index contributed by atoms with van der Waals surface area (Å²) >= 11 is 0. The van der Waals surface area contributed by atoms with Gasteiger partial charge in [0, 0.05) is 18.5 Å². The number of hydrogen-bond acceptors (Lipinski definition) is 4. The van der Waals surface area contributed by atoms with Crippen molar-refractivity contribution in [2.45, 2.75) is 81.6 Å². The van der Waals surface area contributed by atoms with Crippen LogP contribution in [-0.2, 0) is 10.0 Å². The highest BCUT2D eigenvalue weighted by atomic mass is 32.2. The molecule has 1 atom stereocenters. The first kappa shape index (κ1) is 19.6. The minimum absolute atomic E-state index is 0.236. The quantitative estimate of drug-likeness (QED) is 0.674. The highest BCUT2D eigenvalue weighted by Crippen LogP contribution is 2.38. The summed E-state index contributed by atoms with van der Waals surface area (Å²) in [6.45, 7) is 4.61. The van der Waals surface area contributed by atoms with Crippen LogP contribution in [0.2, 0.25) is 0 Å². The molecule has 0 bridgehead atoms. The van der Waals surface area contributed by atoms with Gasteiger partial charge in [-0.15, -0.1) is 0 Å². The van der Waals surface area contributed by atoms with Crippen LogP contribution in [0.25, 0.3) is 0 Å². The molecule has 0 amide bonds. The molecule has 2 aromatic rings. The van der Waals surface area contributed by atoms with Crippen LogP contribution in [0.1, 0.15) is 93.7 Å². The molecule has 1 saturated heterocycles. The van der Waals surface area contributed by atoms with Crippen LogP contribution in [0.15, 0.2) is 39.8 Å². The number of sulfonamides is 1. The molecule has 4 rings (SSSR count). The van der Waals surface area contributed by atoms with Crippen molar-refractivity contribution in [1.29, 1.82) is 0 Å². The van der Waals surface area contributed by atoms with E-state index in [2.05, 4.69) is 5.16 Å². The third-order valence-electron chi connectivity index (χ3n) is 6.22. The largest absolute Gasteiger partial charge is 0.361 e. The second kappa shape index (κ2) is 7.99. The Kier molecular flexibility index (Phi) is 5.61. The Morgan fingerprint density at radius 1 is 1.04 bits per heavy atom. The standard InChI is InChI=1S/C22H30N2O3S/c1-16(2)22-15-20(23-27-22)21-9-6-14-24(21)28(25,26)19-12-10-18(11-13-19)17-7-4-3-5-8-17/h10-13,15-17,21H,3-9,14H2,1-2H3/t21-/m1/s1. The van der Waals surface area contributed by atoms with Crippen LogP contribution in [0.4, 0.5) is 0 Å². The molecule has 1 aromatic carbocycles. The Bertz CT molecular complexity index is 896. The lowest BCUT2D eigenvalue weighted by atomic mass is 9.84. The van der Waals surface area contributed by atoms with Crippen molar-refractivity contribution in [3.05, 3.63) is 47.3 Å². The molecular formula is C22H30N2O3S. The molecule has 0 spiro atoms. The molecule has 5 nitrogen and oxygen atoms in total. The van der Waals surface area contributed by atoms with E-state index in [1.807, 2.05) is 32.0 Å². The summed E-state index contributed by atoms with van der Waals surface area (Å²) in [5.41, 5.74) is 2.00. The van der Waals surface area contributed by atoms with Crippen molar-refractivity contribution in [3.8, 4) is 0 Å². The van der Waals surface area contributed by atoms with Gasteiger partial charge in [0.1, 0.15) is 11.5 Å². The molecule has 28 heavy (non-hydrogen) atoms. The fraction of sp³-hybridized carbons (Fsp3) is 0.591. The van der Waals surface area contributed by atoms with Crippen LogP contribution >= 0.6 is 0 Å². The molecule has 6 heteroatoms. The van der Waals surface area contributed by atoms with Gasteiger partial charge < -0.3 is 4.52 Å². The van der Waals surface area contributed by atoms with Crippen LogP contribution in [0, 0.1) is 0 Å². The normalized spacial score (nSPS) is 22.2. The fourth-order valence-corrected chi connectivity index (χ4v) is 6.21. The van der Waals surface area contributed by atoms with E-state index in [0.29, 0.717) is 17.4 Å². The van der Waals surface area contributed by atoms with Crippen molar-refractivity contribution in [2.75, 3.05) is 6.54 Å². The van der Waals surface area contributed by atoms with Crippen LogP contribution in [0.3, 0.4) is 0 Å². The minimum atomic E-state index is -3.54. The summed E-state index contributed by atoms with van der Waals surface area (Å²) in [6, 6.07) is 9.28. The average Bonchev–Trinajstić information content (AvgIpc) is 3.38. The number of nitrogens with zero attached hydrogens (tertiary/aromatic N) is 2. The van der Waals surface area contributed by atoms with E-state index < -0.39 is 10.0 Å². The van der Waals surface area contributed by atoms with Crippen LogP contribution < -0.4 is 0 Å². The van der Waals surface area contributed by atoms with E-state index in [1.54, 1.807) is 16.4 Å². The summed E-state index contributed by atoms with van der Waals surface area (Å²) in [6.07, 6.45) is 7.92. The molecule has 1 aromatic heterocycles. The van der Waals surface area contributed by atoms with Gasteiger partial charge in [-0.2, -0.15) is 4.31 Å². The number of benzene rings is 1. The maximum atomic E-state index is 13.3. The molecule has 0 N–H and O–H groups in total. The lowest BCUT2D eigenvalue weighted by Gasteiger charge is -2.24. The van der Waals surface area contributed by atoms with Crippen molar-refractivity contribution >= 4 is 10.0 Å². The molecular weight excluding hydrogens is 372 g/mol. The predicted molar refractivity (Wildman–Crippen MR) is 109 cm³/mol. The van der Waals surface area contributed by atoms with Crippen molar-refractivity contribution in [1.82, 2.24) is 9.46 Å². The fourth-order valence-electron chi connectivity index (χ4n) is 4.54. The van der Waals surface area contributed by atoms with Crippen LogP contribution in [-0.4, -0.2) is 24.4 Å². The van der Waals surface area contributed by atoms with Gasteiger partial charge in [0.15, 0.2) is 0 Å². The second-order valence-corrected chi connectivity index (χ2v) is 10.4. The Morgan fingerprint density at radius 2 is 1.75 bits per heavy atom. The van der Waals surface area contributed by atoms with E-state index in [0.717, 1.165) is 24.3 Å². The van der Waals surface area contributed by atoms with Gasteiger partial charge in [-0.1, -0.05) is 50.4 Å². The van der Waals surface area contributed by atoms with Crippen molar-refractivity contribution in [2.24, 2.45) is 0 Å². The Morgan fingerprint density at radius 3 is 2.39 bits per heavy atom. The van der Waals surface area contributed by atoms with Gasteiger partial charge in [-0.3, -0.25) is 0 Å². The van der Waals surface area contributed by atoms with Gasteiger partial charge in [0.2, 0.25) is 10.0 Å². The molecule has 152 valence electrons. The zero-order chi connectivity index (χ0) is 19.7. The first-order valence-corrected chi connectivity index (χ1v) is 12.0. The SMILES string of the molecule is CC(C)c1cc([C@H]2CCCN2S(=O)(=O)c2ccc(C3CCCCC3)cc2)no1. The van der Waals surface area contributed by atoms with Crippen LogP contribution in [0.5, 0.6) is 0 Å². The van der Waals surface area contributed by atoms with Gasteiger partial charge in [0.25, 0.3) is 0 Å². The number of aromatic nitrogens is 1. The highest BCUT2D eigenvalue weighted by molar-refractivity contribution is 7.89. The monoisotopic (exact) mass is 402 g/mol. The number of rotatable bonds is 5. The molecule has 1 saturated carbocycles. The maximum absolute atomic E-state index is 13.3. The Labute approximate surface area is 168 Å². The molecule has 1 aliphatic heterocycles. The average molecular weight is 403 g/mol. The Hall–Kier alpha value is -1.66. The van der Waals surface area contributed by atoms with E-state index in [1.165, 1.54) is 37.7 Å². The smallest absolute Gasteiger partial charge is 0.243 e. The van der Waals surface area contributed by atoms with E-state index >= 15 is 0 Å². The molecule has 2 aliphatic rings. The maximum Gasteiger partial charge on any atom is 0.243 e. The van der Waals surface area contributed by atoms with Gasteiger partial charge in [-0.05, 0) is 49.3 Å². The summed E-state index contributed by atoms with van der Waals surface area (Å²) in [4.78, 5) is 0.381. The summed E-state index contributed by atoms with van der Waals surface area (Å²) in [5.74, 6) is 1.62. The summed E-state index contributed by atoms with van der Waals surface area (Å²) < 4.78 is 33.6. The van der Waals surface area contributed by atoms with Gasteiger partial charge >= 0.3 is 0 Å². The summed E-state index contributed by atoms with van der Waals surface area (Å²) in [5, 5.41) is 4.17. The molecule has 1 aliphatic carbocycles. The lowest BCUT2D eigenvalue weighted by Crippen LogP contribution is -2.30. The molecule has 2 heterocycles. The summed E-state index contributed by atoms with van der Waals surface area (Å²) in [7, 11) is -3.54. The Balaban J connectivity index is 1.56. The first-order valence-electron chi connectivity index (χ1n) is 10.5. The van der Waals surface area contributed by atoms with E-state index in [4.69, 9.17) is 4.52 Å².